The Bertz CT molecular complexity index is 1120. The minimum Gasteiger partial charge on any atom is -0.480 e. The zero-order chi connectivity index (χ0) is 23.5. The maximum absolute atomic E-state index is 10.1. The first-order chi connectivity index (χ1) is 16.1. The van der Waals surface area contributed by atoms with Gasteiger partial charge in [-0.15, -0.1) is 0 Å². The summed E-state index contributed by atoms with van der Waals surface area (Å²) in [7, 11) is 0. The van der Waals surface area contributed by atoms with Crippen LogP contribution >= 0.6 is 0 Å². The smallest absolute Gasteiger partial charge is 0.320 e. The summed E-state index contributed by atoms with van der Waals surface area (Å²) in [5, 5.41) is 14.0. The number of unbranched alkanes of at least 4 members (excludes halogenated alkanes) is 1. The van der Waals surface area contributed by atoms with Gasteiger partial charge in [-0.1, -0.05) is 55.0 Å². The van der Waals surface area contributed by atoms with Gasteiger partial charge in [-0.3, -0.25) is 4.79 Å². The van der Waals surface area contributed by atoms with Crippen molar-refractivity contribution in [2.45, 2.75) is 51.0 Å². The summed E-state index contributed by atoms with van der Waals surface area (Å²) in [5.74, 6) is -0.933. The SMILES string of the molecule is NCCCCC(N)C(=O)O.c1ccc2c(c1)ccc1c3c(ccc12)CCCC3.c1ccoc1. The molecule has 0 radical (unpaired) electrons. The zero-order valence-corrected chi connectivity index (χ0v) is 19.1. The number of benzene rings is 3. The number of carboxylic acids is 1. The number of rotatable bonds is 5. The highest BCUT2D eigenvalue weighted by Crippen LogP contribution is 2.33. The fraction of sp³-hybridized carbons (Fsp3) is 0.321. The van der Waals surface area contributed by atoms with Crippen molar-refractivity contribution in [3.63, 3.8) is 0 Å². The van der Waals surface area contributed by atoms with E-state index in [1.165, 1.54) is 47.2 Å². The van der Waals surface area contributed by atoms with Crippen LogP contribution in [0.5, 0.6) is 0 Å². The second-order valence-corrected chi connectivity index (χ2v) is 8.31. The molecular formula is C28H34N2O3. The van der Waals surface area contributed by atoms with Crippen LogP contribution in [-0.2, 0) is 17.6 Å². The van der Waals surface area contributed by atoms with Gasteiger partial charge in [0.1, 0.15) is 6.04 Å². The normalized spacial score (nSPS) is 13.3. The van der Waals surface area contributed by atoms with Gasteiger partial charge in [0, 0.05) is 0 Å². The van der Waals surface area contributed by atoms with E-state index in [0.717, 1.165) is 12.8 Å². The van der Waals surface area contributed by atoms with Crippen LogP contribution in [0.2, 0.25) is 0 Å². The number of hydrogen-bond donors (Lipinski definition) is 3. The van der Waals surface area contributed by atoms with E-state index in [0.29, 0.717) is 13.0 Å². The summed E-state index contributed by atoms with van der Waals surface area (Å²) in [6.45, 7) is 0.604. The van der Waals surface area contributed by atoms with Gasteiger partial charge >= 0.3 is 5.97 Å². The lowest BCUT2D eigenvalue weighted by molar-refractivity contribution is -0.138. The summed E-state index contributed by atoms with van der Waals surface area (Å²) >= 11 is 0. The highest BCUT2D eigenvalue weighted by atomic mass is 16.4. The number of aliphatic carboxylic acids is 1. The van der Waals surface area contributed by atoms with Gasteiger partial charge in [0.25, 0.3) is 0 Å². The van der Waals surface area contributed by atoms with Crippen LogP contribution in [0.15, 0.2) is 77.6 Å². The first kappa shape index (κ1) is 24.5. The zero-order valence-electron chi connectivity index (χ0n) is 19.1. The summed E-state index contributed by atoms with van der Waals surface area (Å²) in [5.41, 5.74) is 13.6. The number of carboxylic acid groups (broad SMARTS) is 1. The molecule has 0 saturated carbocycles. The molecule has 1 unspecified atom stereocenters. The third-order valence-corrected chi connectivity index (χ3v) is 5.97. The molecule has 0 saturated heterocycles. The van der Waals surface area contributed by atoms with E-state index in [-0.39, 0.29) is 0 Å². The van der Waals surface area contributed by atoms with Crippen molar-refractivity contribution >= 4 is 27.5 Å². The predicted octanol–water partition coefficient (Wildman–Crippen LogP) is 5.68. The Morgan fingerprint density at radius 2 is 1.61 bits per heavy atom. The van der Waals surface area contributed by atoms with Crippen molar-refractivity contribution in [2.75, 3.05) is 6.54 Å². The van der Waals surface area contributed by atoms with Crippen LogP contribution in [0.1, 0.15) is 43.2 Å². The van der Waals surface area contributed by atoms with E-state index >= 15 is 0 Å². The number of fused-ring (bicyclic) bond motifs is 5. The molecule has 1 aromatic heterocycles. The Morgan fingerprint density at radius 1 is 0.879 bits per heavy atom. The number of hydrogen-bond acceptors (Lipinski definition) is 4. The molecule has 0 spiro atoms. The molecule has 4 aromatic rings. The van der Waals surface area contributed by atoms with E-state index in [1.807, 2.05) is 12.1 Å². The Balaban J connectivity index is 0.000000172. The Hall–Kier alpha value is -3.15. The number of carbonyl (C=O) groups is 1. The molecule has 0 bridgehead atoms. The molecule has 5 rings (SSSR count). The monoisotopic (exact) mass is 446 g/mol. The molecule has 0 aliphatic heterocycles. The predicted molar refractivity (Wildman–Crippen MR) is 135 cm³/mol. The molecule has 3 aromatic carbocycles. The van der Waals surface area contributed by atoms with Crippen molar-refractivity contribution < 1.29 is 14.3 Å². The third kappa shape index (κ3) is 6.91. The number of nitrogens with two attached hydrogens (primary N) is 2. The summed E-state index contributed by atoms with van der Waals surface area (Å²) in [4.78, 5) is 10.1. The highest BCUT2D eigenvalue weighted by Gasteiger charge is 2.13. The third-order valence-electron chi connectivity index (χ3n) is 5.97. The highest BCUT2D eigenvalue weighted by molar-refractivity contribution is 6.08. The first-order valence-corrected chi connectivity index (χ1v) is 11.7. The van der Waals surface area contributed by atoms with Gasteiger partial charge in [0.15, 0.2) is 0 Å². The van der Waals surface area contributed by atoms with Gasteiger partial charge in [0.2, 0.25) is 0 Å². The minimum absolute atomic E-state index is 0.520. The Labute approximate surface area is 195 Å². The lowest BCUT2D eigenvalue weighted by Crippen LogP contribution is -2.29. The molecule has 5 nitrogen and oxygen atoms in total. The lowest BCUT2D eigenvalue weighted by Gasteiger charge is -2.18. The van der Waals surface area contributed by atoms with Crippen molar-refractivity contribution in [2.24, 2.45) is 11.5 Å². The van der Waals surface area contributed by atoms with Crippen molar-refractivity contribution in [3.8, 4) is 0 Å². The molecule has 5 heteroatoms. The van der Waals surface area contributed by atoms with Crippen LogP contribution in [-0.4, -0.2) is 23.7 Å². The van der Waals surface area contributed by atoms with Crippen LogP contribution in [0.3, 0.4) is 0 Å². The molecule has 0 amide bonds. The van der Waals surface area contributed by atoms with E-state index in [9.17, 15) is 4.79 Å². The van der Waals surface area contributed by atoms with Crippen LogP contribution in [0.4, 0.5) is 0 Å². The first-order valence-electron chi connectivity index (χ1n) is 11.7. The molecule has 1 aliphatic carbocycles. The second-order valence-electron chi connectivity index (χ2n) is 8.31. The quantitative estimate of drug-likeness (QED) is 0.270. The van der Waals surface area contributed by atoms with Gasteiger partial charge in [0.05, 0.1) is 12.5 Å². The molecule has 174 valence electrons. The average molecular weight is 447 g/mol. The Morgan fingerprint density at radius 3 is 2.30 bits per heavy atom. The Kier molecular flexibility index (Phi) is 9.48. The molecule has 33 heavy (non-hydrogen) atoms. The maximum atomic E-state index is 10.1. The van der Waals surface area contributed by atoms with E-state index in [1.54, 1.807) is 23.7 Å². The fourth-order valence-corrected chi connectivity index (χ4v) is 4.20. The molecule has 0 fully saturated rings. The van der Waals surface area contributed by atoms with Gasteiger partial charge in [-0.05, 0) is 89.9 Å². The maximum Gasteiger partial charge on any atom is 0.320 e. The lowest BCUT2D eigenvalue weighted by atomic mass is 9.86. The summed E-state index contributed by atoms with van der Waals surface area (Å²) in [6.07, 6.45) is 10.6. The van der Waals surface area contributed by atoms with E-state index in [4.69, 9.17) is 16.6 Å². The minimum atomic E-state index is -0.933. The molecule has 1 heterocycles. The van der Waals surface area contributed by atoms with Gasteiger partial charge < -0.3 is 21.0 Å². The largest absolute Gasteiger partial charge is 0.480 e. The van der Waals surface area contributed by atoms with Crippen LogP contribution in [0.25, 0.3) is 21.5 Å². The fourth-order valence-electron chi connectivity index (χ4n) is 4.20. The van der Waals surface area contributed by atoms with Gasteiger partial charge in [-0.2, -0.15) is 0 Å². The molecular weight excluding hydrogens is 412 g/mol. The van der Waals surface area contributed by atoms with Crippen LogP contribution in [0, 0.1) is 0 Å². The van der Waals surface area contributed by atoms with Crippen molar-refractivity contribution in [3.05, 3.63) is 84.3 Å². The van der Waals surface area contributed by atoms with Crippen LogP contribution < -0.4 is 11.5 Å². The summed E-state index contributed by atoms with van der Waals surface area (Å²) < 4.78 is 4.58. The van der Waals surface area contributed by atoms with Gasteiger partial charge in [-0.25, -0.2) is 0 Å². The van der Waals surface area contributed by atoms with Crippen molar-refractivity contribution in [1.82, 2.24) is 0 Å². The second kappa shape index (κ2) is 12.8. The average Bonchev–Trinajstić information content (AvgIpc) is 3.44. The molecule has 5 N–H and O–H groups in total. The van der Waals surface area contributed by atoms with Crippen molar-refractivity contribution in [1.29, 1.82) is 0 Å². The number of aryl methyl sites for hydroxylation is 2. The number of furan rings is 1. The topological polar surface area (TPSA) is 102 Å². The standard InChI is InChI=1S/C18H16.C6H14N2O2.C4H4O/c1-3-7-15-13(5-1)9-11-18-16-8-4-2-6-14(16)10-12-17(15)18;7-4-2-1-3-5(8)6(9)10;1-2-4-5-3-1/h1,3,5,7,9-12H,2,4,6,8H2;5H,1-4,7-8H2,(H,9,10);1-4H. The summed E-state index contributed by atoms with van der Waals surface area (Å²) in [6, 6.07) is 20.9. The molecule has 1 aliphatic rings. The molecule has 1 atom stereocenters. The van der Waals surface area contributed by atoms with E-state index in [2.05, 4.69) is 52.9 Å². The van der Waals surface area contributed by atoms with E-state index < -0.39 is 12.0 Å².